The minimum Gasteiger partial charge on any atom is -0.496 e. The number of hydrogen-bond acceptors (Lipinski definition) is 3. The largest absolute Gasteiger partial charge is 0.496 e. The molecule has 4 heteroatoms. The van der Waals surface area contributed by atoms with Gasteiger partial charge in [-0.2, -0.15) is 0 Å². The normalized spacial score (nSPS) is 12.2. The van der Waals surface area contributed by atoms with Crippen molar-refractivity contribution in [2.45, 2.75) is 52.4 Å². The lowest BCUT2D eigenvalue weighted by molar-refractivity contribution is 0.0827. The smallest absolute Gasteiger partial charge is 0.253 e. The van der Waals surface area contributed by atoms with E-state index in [4.69, 9.17) is 4.74 Å². The van der Waals surface area contributed by atoms with Gasteiger partial charge in [0.15, 0.2) is 5.78 Å². The minimum atomic E-state index is -0.121. The highest BCUT2D eigenvalue weighted by molar-refractivity contribution is 6.07. The monoisotopic (exact) mass is 421 g/mol. The molecule has 0 fully saturated rings. The molecule has 0 saturated heterocycles. The fraction of sp³-hybridized carbons (Fsp3) is 0.407. The maximum absolute atomic E-state index is 12.8. The van der Waals surface area contributed by atoms with Crippen LogP contribution in [0.1, 0.15) is 78.9 Å². The molecule has 0 aliphatic rings. The van der Waals surface area contributed by atoms with E-state index in [1.807, 2.05) is 6.08 Å². The zero-order chi connectivity index (χ0) is 23.6. The predicted molar refractivity (Wildman–Crippen MR) is 128 cm³/mol. The Hall–Kier alpha value is -2.88. The fourth-order valence-corrected chi connectivity index (χ4v) is 3.29. The molecule has 0 bridgehead atoms. The Bertz CT molecular complexity index is 985. The summed E-state index contributed by atoms with van der Waals surface area (Å²) in [7, 11) is 5.07. The Labute approximate surface area is 186 Å². The number of carbonyl (C=O) groups is 2. The first-order valence-electron chi connectivity index (χ1n) is 10.5. The van der Waals surface area contributed by atoms with Crippen molar-refractivity contribution >= 4 is 17.8 Å². The second kappa shape index (κ2) is 9.09. The number of ketones is 1. The van der Waals surface area contributed by atoms with E-state index in [1.54, 1.807) is 51.5 Å². The molecule has 0 spiro atoms. The molecule has 0 radical (unpaired) electrons. The number of nitrogens with zero attached hydrogens (tertiary/aromatic N) is 1. The van der Waals surface area contributed by atoms with Crippen LogP contribution < -0.4 is 4.74 Å². The van der Waals surface area contributed by atoms with Crippen LogP contribution in [0.5, 0.6) is 5.75 Å². The third-order valence-corrected chi connectivity index (χ3v) is 5.23. The van der Waals surface area contributed by atoms with Crippen molar-refractivity contribution in [3.05, 3.63) is 70.3 Å². The summed E-state index contributed by atoms with van der Waals surface area (Å²) in [5.74, 6) is 0.578. The maximum atomic E-state index is 12.8. The molecule has 0 aromatic heterocycles. The first-order valence-corrected chi connectivity index (χ1v) is 10.5. The van der Waals surface area contributed by atoms with E-state index in [2.05, 4.69) is 53.7 Å². The van der Waals surface area contributed by atoms with E-state index in [0.717, 1.165) is 16.9 Å². The van der Waals surface area contributed by atoms with Crippen molar-refractivity contribution in [1.82, 2.24) is 4.90 Å². The Balaban J connectivity index is 2.44. The molecule has 0 N–H and O–H groups in total. The van der Waals surface area contributed by atoms with Crippen LogP contribution in [0, 0.1) is 0 Å². The molecule has 0 aliphatic heterocycles. The SMILES string of the molecule is COc1c(/C=C/C(=O)c2ccc(C(=O)N(C)C)cc2)cc(C(C)(C)C)cc1C(C)(C)C. The second-order valence-electron chi connectivity index (χ2n) is 10.1. The van der Waals surface area contributed by atoms with Gasteiger partial charge in [0.05, 0.1) is 7.11 Å². The van der Waals surface area contributed by atoms with Gasteiger partial charge in [0, 0.05) is 36.3 Å². The van der Waals surface area contributed by atoms with Crippen LogP contribution in [0.15, 0.2) is 42.5 Å². The van der Waals surface area contributed by atoms with Gasteiger partial charge in [0.25, 0.3) is 5.91 Å². The number of amides is 1. The van der Waals surface area contributed by atoms with Crippen LogP contribution >= 0.6 is 0 Å². The van der Waals surface area contributed by atoms with Crippen LogP contribution in [0.3, 0.4) is 0 Å². The Morgan fingerprint density at radius 1 is 0.871 bits per heavy atom. The number of methoxy groups -OCH3 is 1. The van der Waals surface area contributed by atoms with Gasteiger partial charge in [0.1, 0.15) is 5.75 Å². The molecule has 166 valence electrons. The summed E-state index contributed by atoms with van der Waals surface area (Å²) >= 11 is 0. The highest BCUT2D eigenvalue weighted by Crippen LogP contribution is 2.38. The lowest BCUT2D eigenvalue weighted by atomic mass is 9.79. The summed E-state index contributed by atoms with van der Waals surface area (Å²) in [5.41, 5.74) is 4.14. The average Bonchev–Trinajstić information content (AvgIpc) is 2.69. The van der Waals surface area contributed by atoms with E-state index in [-0.39, 0.29) is 22.5 Å². The number of allylic oxidation sites excluding steroid dienone is 1. The molecule has 0 saturated carbocycles. The van der Waals surface area contributed by atoms with E-state index in [0.29, 0.717) is 11.1 Å². The molecule has 31 heavy (non-hydrogen) atoms. The van der Waals surface area contributed by atoms with Crippen molar-refractivity contribution in [3.63, 3.8) is 0 Å². The number of hydrogen-bond donors (Lipinski definition) is 0. The molecular formula is C27H35NO3. The minimum absolute atomic E-state index is 0.0341. The second-order valence-corrected chi connectivity index (χ2v) is 10.1. The lowest BCUT2D eigenvalue weighted by Crippen LogP contribution is -2.21. The highest BCUT2D eigenvalue weighted by atomic mass is 16.5. The van der Waals surface area contributed by atoms with Gasteiger partial charge in [-0.1, -0.05) is 59.7 Å². The van der Waals surface area contributed by atoms with Crippen LogP contribution in [0.4, 0.5) is 0 Å². The molecule has 2 rings (SSSR count). The predicted octanol–water partition coefficient (Wildman–Crippen LogP) is 5.89. The third kappa shape index (κ3) is 5.84. The van der Waals surface area contributed by atoms with Crippen molar-refractivity contribution in [2.75, 3.05) is 21.2 Å². The van der Waals surface area contributed by atoms with Gasteiger partial charge < -0.3 is 9.64 Å². The summed E-state index contributed by atoms with van der Waals surface area (Å²) in [5, 5.41) is 0. The van der Waals surface area contributed by atoms with Gasteiger partial charge in [-0.15, -0.1) is 0 Å². The highest BCUT2D eigenvalue weighted by Gasteiger charge is 2.25. The summed E-state index contributed by atoms with van der Waals surface area (Å²) in [4.78, 5) is 26.3. The number of ether oxygens (including phenoxy) is 1. The summed E-state index contributed by atoms with van der Waals surface area (Å²) in [6, 6.07) is 11.0. The number of rotatable bonds is 5. The quantitative estimate of drug-likeness (QED) is 0.447. The van der Waals surface area contributed by atoms with Gasteiger partial charge in [-0.3, -0.25) is 9.59 Å². The third-order valence-electron chi connectivity index (χ3n) is 5.23. The van der Waals surface area contributed by atoms with Crippen molar-refractivity contribution in [1.29, 1.82) is 0 Å². The van der Waals surface area contributed by atoms with E-state index < -0.39 is 0 Å². The summed E-state index contributed by atoms with van der Waals surface area (Å²) < 4.78 is 5.77. The Morgan fingerprint density at radius 2 is 1.42 bits per heavy atom. The number of benzene rings is 2. The van der Waals surface area contributed by atoms with E-state index in [9.17, 15) is 9.59 Å². The van der Waals surface area contributed by atoms with Crippen molar-refractivity contribution in [2.24, 2.45) is 0 Å². The first-order chi connectivity index (χ1) is 14.3. The van der Waals surface area contributed by atoms with Crippen LogP contribution in [-0.2, 0) is 10.8 Å². The summed E-state index contributed by atoms with van der Waals surface area (Å²) in [6.45, 7) is 13.0. The first kappa shape index (κ1) is 24.4. The molecule has 0 atom stereocenters. The van der Waals surface area contributed by atoms with E-state index >= 15 is 0 Å². The molecule has 0 unspecified atom stereocenters. The van der Waals surface area contributed by atoms with Gasteiger partial charge in [0.2, 0.25) is 0 Å². The molecule has 2 aromatic carbocycles. The lowest BCUT2D eigenvalue weighted by Gasteiger charge is -2.28. The van der Waals surface area contributed by atoms with Crippen molar-refractivity contribution < 1.29 is 14.3 Å². The Kier molecular flexibility index (Phi) is 7.15. The van der Waals surface area contributed by atoms with E-state index in [1.165, 1.54) is 10.5 Å². The zero-order valence-electron chi connectivity index (χ0n) is 20.3. The molecule has 1 amide bonds. The molecule has 4 nitrogen and oxygen atoms in total. The molecule has 0 aliphatic carbocycles. The van der Waals surface area contributed by atoms with Gasteiger partial charge >= 0.3 is 0 Å². The zero-order valence-corrected chi connectivity index (χ0v) is 20.3. The van der Waals surface area contributed by atoms with Gasteiger partial charge in [-0.25, -0.2) is 0 Å². The maximum Gasteiger partial charge on any atom is 0.253 e. The number of carbonyl (C=O) groups excluding carboxylic acids is 2. The van der Waals surface area contributed by atoms with Crippen LogP contribution in [-0.4, -0.2) is 37.8 Å². The molecule has 2 aromatic rings. The van der Waals surface area contributed by atoms with Crippen LogP contribution in [0.25, 0.3) is 6.08 Å². The summed E-state index contributed by atoms with van der Waals surface area (Å²) in [6.07, 6.45) is 3.39. The van der Waals surface area contributed by atoms with Gasteiger partial charge in [-0.05, 0) is 46.7 Å². The Morgan fingerprint density at radius 3 is 1.87 bits per heavy atom. The van der Waals surface area contributed by atoms with Crippen molar-refractivity contribution in [3.8, 4) is 5.75 Å². The molecule has 0 heterocycles. The standard InChI is InChI=1S/C27H35NO3/c1-26(2,3)21-16-20(24(31-9)22(17-21)27(4,5)6)14-15-23(29)18-10-12-19(13-11-18)25(30)28(7)8/h10-17H,1-9H3/b15-14+. The average molecular weight is 422 g/mol. The fourth-order valence-electron chi connectivity index (χ4n) is 3.29. The topological polar surface area (TPSA) is 46.6 Å². The van der Waals surface area contributed by atoms with Crippen LogP contribution in [0.2, 0.25) is 0 Å². The molecular weight excluding hydrogens is 386 g/mol.